The Bertz CT molecular complexity index is 939. The molecule has 0 radical (unpaired) electrons. The predicted octanol–water partition coefficient (Wildman–Crippen LogP) is 3.87. The maximum absolute atomic E-state index is 12.2. The van der Waals surface area contributed by atoms with Gasteiger partial charge in [-0.1, -0.05) is 35.0 Å². The maximum atomic E-state index is 12.2. The van der Waals surface area contributed by atoms with Gasteiger partial charge in [-0.2, -0.15) is 0 Å². The molecule has 27 heavy (non-hydrogen) atoms. The number of hydrogen-bond donors (Lipinski definition) is 1. The number of hydrogen-bond acceptors (Lipinski definition) is 5. The molecule has 6 nitrogen and oxygen atoms in total. The van der Waals surface area contributed by atoms with Crippen LogP contribution in [0.25, 0.3) is 11.3 Å². The number of aromatic nitrogens is 1. The Morgan fingerprint density at radius 2 is 1.89 bits per heavy atom. The van der Waals surface area contributed by atoms with Gasteiger partial charge in [-0.25, -0.2) is 0 Å². The Morgan fingerprint density at radius 1 is 1.11 bits per heavy atom. The number of rotatable bonds is 7. The van der Waals surface area contributed by atoms with E-state index in [1.54, 1.807) is 38.5 Å². The van der Waals surface area contributed by atoms with E-state index >= 15 is 0 Å². The number of methoxy groups -OCH3 is 2. The summed E-state index contributed by atoms with van der Waals surface area (Å²) in [6, 6.07) is 14.5. The quantitative estimate of drug-likeness (QED) is 0.667. The summed E-state index contributed by atoms with van der Waals surface area (Å²) in [5.41, 5.74) is 2.18. The first kappa shape index (κ1) is 18.8. The van der Waals surface area contributed by atoms with E-state index in [-0.39, 0.29) is 12.3 Å². The van der Waals surface area contributed by atoms with Crippen LogP contribution in [-0.4, -0.2) is 25.3 Å². The minimum absolute atomic E-state index is 0.112. The Labute approximate surface area is 162 Å². The molecule has 0 spiro atoms. The summed E-state index contributed by atoms with van der Waals surface area (Å²) in [6.07, 6.45) is 0.112. The van der Waals surface area contributed by atoms with Gasteiger partial charge in [-0.05, 0) is 29.8 Å². The van der Waals surface area contributed by atoms with Gasteiger partial charge in [-0.15, -0.1) is 0 Å². The average Bonchev–Trinajstić information content (AvgIpc) is 3.15. The van der Waals surface area contributed by atoms with Crippen molar-refractivity contribution in [3.63, 3.8) is 0 Å². The lowest BCUT2D eigenvalue weighted by Gasteiger charge is -2.07. The van der Waals surface area contributed by atoms with Crippen molar-refractivity contribution in [2.24, 2.45) is 0 Å². The number of carbonyl (C=O) groups excluding carboxylic acids is 1. The summed E-state index contributed by atoms with van der Waals surface area (Å²) in [6.45, 7) is 0.360. The zero-order chi connectivity index (χ0) is 19.2. The highest BCUT2D eigenvalue weighted by molar-refractivity contribution is 6.31. The molecule has 3 aromatic rings. The normalized spacial score (nSPS) is 10.5. The summed E-state index contributed by atoms with van der Waals surface area (Å²) >= 11 is 6.09. The number of nitrogens with zero attached hydrogens (tertiary/aromatic N) is 1. The Morgan fingerprint density at radius 3 is 2.63 bits per heavy atom. The van der Waals surface area contributed by atoms with Crippen LogP contribution in [0, 0.1) is 0 Å². The van der Waals surface area contributed by atoms with E-state index in [1.165, 1.54) is 0 Å². The summed E-state index contributed by atoms with van der Waals surface area (Å²) in [5, 5.41) is 7.42. The fourth-order valence-electron chi connectivity index (χ4n) is 2.58. The maximum Gasteiger partial charge on any atom is 0.226 e. The van der Waals surface area contributed by atoms with E-state index < -0.39 is 0 Å². The van der Waals surface area contributed by atoms with Gasteiger partial charge >= 0.3 is 0 Å². The second-order valence-corrected chi connectivity index (χ2v) is 6.20. The molecule has 0 bridgehead atoms. The van der Waals surface area contributed by atoms with Crippen LogP contribution in [-0.2, 0) is 17.8 Å². The second-order valence-electron chi connectivity index (χ2n) is 5.80. The summed E-state index contributed by atoms with van der Waals surface area (Å²) < 4.78 is 15.9. The number of benzene rings is 2. The molecule has 0 fully saturated rings. The molecule has 1 amide bonds. The molecule has 2 aromatic carbocycles. The van der Waals surface area contributed by atoms with Gasteiger partial charge in [0.1, 0.15) is 0 Å². The lowest BCUT2D eigenvalue weighted by atomic mass is 10.1. The molecule has 0 saturated carbocycles. The predicted molar refractivity (Wildman–Crippen MR) is 102 cm³/mol. The first-order valence-electron chi connectivity index (χ1n) is 8.29. The van der Waals surface area contributed by atoms with E-state index in [2.05, 4.69) is 10.5 Å². The van der Waals surface area contributed by atoms with Gasteiger partial charge in [0.25, 0.3) is 0 Å². The highest BCUT2D eigenvalue weighted by atomic mass is 35.5. The van der Waals surface area contributed by atoms with Crippen molar-refractivity contribution in [3.8, 4) is 22.8 Å². The number of carbonyl (C=O) groups is 1. The van der Waals surface area contributed by atoms with Gasteiger partial charge in [0.2, 0.25) is 5.91 Å². The zero-order valence-electron chi connectivity index (χ0n) is 15.0. The van der Waals surface area contributed by atoms with E-state index in [1.807, 2.05) is 24.3 Å². The average molecular weight is 387 g/mol. The number of ether oxygens (including phenoxy) is 2. The fourth-order valence-corrected chi connectivity index (χ4v) is 2.79. The van der Waals surface area contributed by atoms with E-state index in [9.17, 15) is 4.79 Å². The van der Waals surface area contributed by atoms with Crippen LogP contribution in [0.15, 0.2) is 53.1 Å². The van der Waals surface area contributed by atoms with Gasteiger partial charge in [-0.3, -0.25) is 4.79 Å². The minimum Gasteiger partial charge on any atom is -0.493 e. The molecule has 0 unspecified atom stereocenters. The third-order valence-corrected chi connectivity index (χ3v) is 4.37. The van der Waals surface area contributed by atoms with Crippen LogP contribution >= 0.6 is 11.6 Å². The summed E-state index contributed by atoms with van der Waals surface area (Å²) in [5.74, 6) is 1.59. The Kier molecular flexibility index (Phi) is 5.98. The monoisotopic (exact) mass is 386 g/mol. The minimum atomic E-state index is -0.165. The van der Waals surface area contributed by atoms with Crippen molar-refractivity contribution < 1.29 is 18.8 Å². The largest absolute Gasteiger partial charge is 0.493 e. The fraction of sp³-hybridized carbons (Fsp3) is 0.200. The van der Waals surface area contributed by atoms with Gasteiger partial charge < -0.3 is 19.3 Å². The molecular formula is C20H19ClN2O4. The highest BCUT2D eigenvalue weighted by Gasteiger charge is 2.13. The third-order valence-electron chi connectivity index (χ3n) is 4.00. The van der Waals surface area contributed by atoms with E-state index in [0.29, 0.717) is 34.5 Å². The second kappa shape index (κ2) is 8.60. The first-order chi connectivity index (χ1) is 13.1. The van der Waals surface area contributed by atoms with E-state index in [4.69, 9.17) is 25.6 Å². The topological polar surface area (TPSA) is 73.6 Å². The molecule has 7 heteroatoms. The highest BCUT2D eigenvalue weighted by Crippen LogP contribution is 2.32. The standard InChI is InChI=1S/C20H19ClN2O4/c1-25-17-8-7-13(9-19(17)26-2)18-10-15(23-27-18)11-20(24)22-12-14-5-3-4-6-16(14)21/h3-10H,11-12H2,1-2H3,(H,22,24). The number of nitrogens with one attached hydrogen (secondary N) is 1. The Hall–Kier alpha value is -2.99. The SMILES string of the molecule is COc1ccc(-c2cc(CC(=O)NCc3ccccc3Cl)no2)cc1OC. The van der Waals surface area contributed by atoms with Crippen LogP contribution in [0.4, 0.5) is 0 Å². The molecule has 1 aromatic heterocycles. The van der Waals surface area contributed by atoms with E-state index in [0.717, 1.165) is 11.1 Å². The van der Waals surface area contributed by atoms with Crippen molar-refractivity contribution >= 4 is 17.5 Å². The van der Waals surface area contributed by atoms with Crippen molar-refractivity contribution in [3.05, 3.63) is 64.8 Å². The molecule has 3 rings (SSSR count). The molecule has 1 N–H and O–H groups in total. The van der Waals surface area contributed by atoms with Crippen LogP contribution in [0.5, 0.6) is 11.5 Å². The summed E-state index contributed by atoms with van der Waals surface area (Å²) in [7, 11) is 3.14. The van der Waals surface area contributed by atoms with Crippen LogP contribution in [0.2, 0.25) is 5.02 Å². The van der Waals surface area contributed by atoms with Gasteiger partial charge in [0.15, 0.2) is 17.3 Å². The number of amides is 1. The molecule has 0 aliphatic carbocycles. The lowest BCUT2D eigenvalue weighted by Crippen LogP contribution is -2.24. The molecule has 0 saturated heterocycles. The zero-order valence-corrected chi connectivity index (χ0v) is 15.7. The molecule has 1 heterocycles. The molecule has 0 atom stereocenters. The molecule has 0 aliphatic rings. The smallest absolute Gasteiger partial charge is 0.226 e. The first-order valence-corrected chi connectivity index (χ1v) is 8.66. The van der Waals surface area contributed by atoms with Crippen LogP contribution in [0.3, 0.4) is 0 Å². The summed E-state index contributed by atoms with van der Waals surface area (Å²) in [4.78, 5) is 12.2. The van der Waals surface area contributed by atoms with Crippen LogP contribution < -0.4 is 14.8 Å². The number of halogens is 1. The van der Waals surface area contributed by atoms with Crippen molar-refractivity contribution in [2.45, 2.75) is 13.0 Å². The third kappa shape index (κ3) is 4.60. The van der Waals surface area contributed by atoms with Crippen LogP contribution in [0.1, 0.15) is 11.3 Å². The lowest BCUT2D eigenvalue weighted by molar-refractivity contribution is -0.120. The molecular weight excluding hydrogens is 368 g/mol. The van der Waals surface area contributed by atoms with Crippen molar-refractivity contribution in [1.82, 2.24) is 10.5 Å². The van der Waals surface area contributed by atoms with Crippen molar-refractivity contribution in [1.29, 1.82) is 0 Å². The molecule has 140 valence electrons. The van der Waals surface area contributed by atoms with Gasteiger partial charge in [0.05, 0.1) is 26.3 Å². The van der Waals surface area contributed by atoms with Crippen molar-refractivity contribution in [2.75, 3.05) is 14.2 Å². The molecule has 0 aliphatic heterocycles. The van der Waals surface area contributed by atoms with Gasteiger partial charge in [0, 0.05) is 23.2 Å². The Balaban J connectivity index is 1.64.